The molecule has 2 rings (SSSR count). The average molecular weight is 384 g/mol. The summed E-state index contributed by atoms with van der Waals surface area (Å²) in [4.78, 5) is 35.2. The molecule has 0 saturated heterocycles. The van der Waals surface area contributed by atoms with Gasteiger partial charge in [-0.3, -0.25) is 14.4 Å². The molecule has 2 aromatic rings. The minimum Gasteiger partial charge on any atom is -0.459 e. The summed E-state index contributed by atoms with van der Waals surface area (Å²) < 4.78 is 49.2. The van der Waals surface area contributed by atoms with E-state index in [1.54, 1.807) is 0 Å². The van der Waals surface area contributed by atoms with Crippen molar-refractivity contribution in [1.29, 1.82) is 0 Å². The highest BCUT2D eigenvalue weighted by Gasteiger charge is 2.21. The van der Waals surface area contributed by atoms with Crippen molar-refractivity contribution < 1.29 is 36.7 Å². The molecule has 7 nitrogen and oxygen atoms in total. The Hall–Kier alpha value is -3.30. The number of rotatable bonds is 7. The molecular formula is C17H15F3N2O5. The predicted octanol–water partition coefficient (Wildman–Crippen LogP) is 2.39. The lowest BCUT2D eigenvalue weighted by molar-refractivity contribution is -0.153. The highest BCUT2D eigenvalue weighted by Crippen LogP contribution is 2.19. The Balaban J connectivity index is 1.79. The lowest BCUT2D eigenvalue weighted by atomic mass is 10.2. The zero-order chi connectivity index (χ0) is 20.0. The lowest BCUT2D eigenvalue weighted by Gasteiger charge is -2.14. The van der Waals surface area contributed by atoms with E-state index >= 15 is 0 Å². The molecule has 0 aliphatic heterocycles. The Morgan fingerprint density at radius 2 is 1.89 bits per heavy atom. The molecule has 0 saturated carbocycles. The highest BCUT2D eigenvalue weighted by atomic mass is 19.2. The third kappa shape index (κ3) is 5.33. The van der Waals surface area contributed by atoms with Crippen LogP contribution in [0.25, 0.3) is 0 Å². The maximum absolute atomic E-state index is 13.5. The monoisotopic (exact) mass is 384 g/mol. The van der Waals surface area contributed by atoms with Gasteiger partial charge in [0.2, 0.25) is 0 Å². The van der Waals surface area contributed by atoms with Crippen LogP contribution in [0.1, 0.15) is 23.9 Å². The molecule has 2 N–H and O–H groups in total. The topological polar surface area (TPSA) is 97.6 Å². The molecule has 0 fully saturated rings. The van der Waals surface area contributed by atoms with Gasteiger partial charge in [0.25, 0.3) is 11.8 Å². The Labute approximate surface area is 151 Å². The van der Waals surface area contributed by atoms with Gasteiger partial charge >= 0.3 is 5.97 Å². The van der Waals surface area contributed by atoms with Gasteiger partial charge in [-0.1, -0.05) is 0 Å². The fourth-order valence-corrected chi connectivity index (χ4v) is 1.94. The molecule has 0 aliphatic carbocycles. The van der Waals surface area contributed by atoms with Crippen molar-refractivity contribution in [2.24, 2.45) is 0 Å². The lowest BCUT2D eigenvalue weighted by Crippen LogP contribution is -2.32. The number of esters is 1. The fourth-order valence-electron chi connectivity index (χ4n) is 1.94. The maximum atomic E-state index is 13.5. The number of furan rings is 1. The molecule has 2 amide bonds. The summed E-state index contributed by atoms with van der Waals surface area (Å²) in [5, 5.41) is 4.41. The normalized spacial score (nSPS) is 11.6. The van der Waals surface area contributed by atoms with Crippen LogP contribution in [0, 0.1) is 17.5 Å². The number of anilines is 1. The number of benzene rings is 1. The van der Waals surface area contributed by atoms with Crippen LogP contribution in [0.5, 0.6) is 0 Å². The highest BCUT2D eigenvalue weighted by molar-refractivity contribution is 5.95. The number of amides is 2. The molecule has 0 bridgehead atoms. The van der Waals surface area contributed by atoms with E-state index in [0.29, 0.717) is 6.07 Å². The first-order valence-electron chi connectivity index (χ1n) is 7.75. The van der Waals surface area contributed by atoms with Gasteiger partial charge < -0.3 is 19.8 Å². The Kier molecular flexibility index (Phi) is 6.58. The van der Waals surface area contributed by atoms with Crippen LogP contribution in [-0.4, -0.2) is 30.4 Å². The van der Waals surface area contributed by atoms with Gasteiger partial charge in [0.1, 0.15) is 0 Å². The van der Waals surface area contributed by atoms with Crippen LogP contribution < -0.4 is 10.6 Å². The van der Waals surface area contributed by atoms with Crippen LogP contribution in [-0.2, 0) is 14.3 Å². The second-order valence-electron chi connectivity index (χ2n) is 5.33. The van der Waals surface area contributed by atoms with E-state index in [4.69, 9.17) is 9.15 Å². The van der Waals surface area contributed by atoms with Crippen molar-refractivity contribution in [1.82, 2.24) is 5.32 Å². The average Bonchev–Trinajstić information content (AvgIpc) is 3.16. The van der Waals surface area contributed by atoms with Gasteiger partial charge in [-0.05, 0) is 31.2 Å². The largest absolute Gasteiger partial charge is 0.459 e. The van der Waals surface area contributed by atoms with E-state index in [-0.39, 0.29) is 18.7 Å². The molecule has 1 heterocycles. The van der Waals surface area contributed by atoms with Crippen molar-refractivity contribution in [3.63, 3.8) is 0 Å². The summed E-state index contributed by atoms with van der Waals surface area (Å²) >= 11 is 0. The molecular weight excluding hydrogens is 369 g/mol. The number of carbonyl (C=O) groups is 3. The molecule has 27 heavy (non-hydrogen) atoms. The summed E-state index contributed by atoms with van der Waals surface area (Å²) in [5.74, 6) is -6.89. The molecule has 10 heteroatoms. The maximum Gasteiger partial charge on any atom is 0.308 e. The third-order valence-electron chi connectivity index (χ3n) is 3.33. The standard InChI is InChI=1S/C17H15F3N2O5/c1-9(16(24)22-11-5-4-10(18)14(19)15(11)20)27-13(23)6-7-21-17(25)12-3-2-8-26-12/h2-5,8-9H,6-7H2,1H3,(H,21,25)(H,22,24). The molecule has 0 spiro atoms. The Morgan fingerprint density at radius 1 is 1.15 bits per heavy atom. The first kappa shape index (κ1) is 20.0. The van der Waals surface area contributed by atoms with Crippen molar-refractivity contribution in [3.05, 3.63) is 53.7 Å². The number of carbonyl (C=O) groups excluding carboxylic acids is 3. The zero-order valence-electron chi connectivity index (χ0n) is 14.1. The summed E-state index contributed by atoms with van der Waals surface area (Å²) in [6.07, 6.45) is -0.242. The molecule has 144 valence electrons. The predicted molar refractivity (Wildman–Crippen MR) is 86.2 cm³/mol. The van der Waals surface area contributed by atoms with E-state index in [1.807, 2.05) is 5.32 Å². The fraction of sp³-hybridized carbons (Fsp3) is 0.235. The minimum absolute atomic E-state index is 0.0650. The number of nitrogens with one attached hydrogen (secondary N) is 2. The second-order valence-corrected chi connectivity index (χ2v) is 5.33. The number of hydrogen-bond acceptors (Lipinski definition) is 5. The summed E-state index contributed by atoms with van der Waals surface area (Å²) in [6, 6.07) is 4.45. The zero-order valence-corrected chi connectivity index (χ0v) is 14.1. The third-order valence-corrected chi connectivity index (χ3v) is 3.33. The van der Waals surface area contributed by atoms with Crippen molar-refractivity contribution in [2.45, 2.75) is 19.4 Å². The van der Waals surface area contributed by atoms with Gasteiger partial charge in [-0.15, -0.1) is 0 Å². The van der Waals surface area contributed by atoms with Crippen LogP contribution >= 0.6 is 0 Å². The first-order chi connectivity index (χ1) is 12.8. The van der Waals surface area contributed by atoms with Gasteiger partial charge in [-0.2, -0.15) is 0 Å². The number of hydrogen-bond donors (Lipinski definition) is 2. The van der Waals surface area contributed by atoms with Crippen molar-refractivity contribution in [3.8, 4) is 0 Å². The molecule has 0 radical (unpaired) electrons. The van der Waals surface area contributed by atoms with Crippen molar-refractivity contribution >= 4 is 23.5 Å². The number of ether oxygens (including phenoxy) is 1. The smallest absolute Gasteiger partial charge is 0.308 e. The minimum atomic E-state index is -1.73. The summed E-state index contributed by atoms with van der Waals surface area (Å²) in [6.45, 7) is 1.15. The Bertz CT molecular complexity index is 839. The van der Waals surface area contributed by atoms with Crippen LogP contribution in [0.2, 0.25) is 0 Å². The van der Waals surface area contributed by atoms with E-state index < -0.39 is 47.0 Å². The number of halogens is 3. The molecule has 1 atom stereocenters. The quantitative estimate of drug-likeness (QED) is 0.564. The molecule has 0 aliphatic rings. The molecule has 1 aromatic carbocycles. The van der Waals surface area contributed by atoms with Crippen LogP contribution in [0.3, 0.4) is 0 Å². The molecule has 1 unspecified atom stereocenters. The van der Waals surface area contributed by atoms with Gasteiger partial charge in [0.15, 0.2) is 29.3 Å². The SMILES string of the molecule is CC(OC(=O)CCNC(=O)c1ccco1)C(=O)Nc1ccc(F)c(F)c1F. The van der Waals surface area contributed by atoms with Crippen LogP contribution in [0.4, 0.5) is 18.9 Å². The first-order valence-corrected chi connectivity index (χ1v) is 7.75. The van der Waals surface area contributed by atoms with Gasteiger partial charge in [0, 0.05) is 6.54 Å². The van der Waals surface area contributed by atoms with Crippen molar-refractivity contribution in [2.75, 3.05) is 11.9 Å². The van der Waals surface area contributed by atoms with E-state index in [2.05, 4.69) is 5.32 Å². The van der Waals surface area contributed by atoms with E-state index in [0.717, 1.165) is 6.07 Å². The van der Waals surface area contributed by atoms with Gasteiger partial charge in [0.05, 0.1) is 18.4 Å². The summed E-state index contributed by atoms with van der Waals surface area (Å²) in [7, 11) is 0. The second kappa shape index (κ2) is 8.88. The van der Waals surface area contributed by atoms with Crippen LogP contribution in [0.15, 0.2) is 34.9 Å². The van der Waals surface area contributed by atoms with E-state index in [9.17, 15) is 27.6 Å². The van der Waals surface area contributed by atoms with Gasteiger partial charge in [-0.25, -0.2) is 13.2 Å². The van der Waals surface area contributed by atoms with E-state index in [1.165, 1.54) is 25.3 Å². The summed E-state index contributed by atoms with van der Waals surface area (Å²) in [5.41, 5.74) is -0.590. The molecule has 1 aromatic heterocycles. The Morgan fingerprint density at radius 3 is 2.56 bits per heavy atom.